The van der Waals surface area contributed by atoms with Crippen molar-refractivity contribution in [1.29, 1.82) is 0 Å². The van der Waals surface area contributed by atoms with Crippen LogP contribution in [0.1, 0.15) is 5.56 Å². The Morgan fingerprint density at radius 2 is 1.70 bits per heavy atom. The van der Waals surface area contributed by atoms with Crippen LogP contribution in [0, 0.1) is 0 Å². The first kappa shape index (κ1) is 17.8. The summed E-state index contributed by atoms with van der Waals surface area (Å²) >= 11 is 7.20. The minimum atomic E-state index is -3.56. The molecule has 1 amide bonds. The van der Waals surface area contributed by atoms with Gasteiger partial charge >= 0.3 is 0 Å². The zero-order valence-electron chi connectivity index (χ0n) is 12.0. The molecule has 8 heteroatoms. The van der Waals surface area contributed by atoms with Crippen molar-refractivity contribution in [2.24, 2.45) is 5.14 Å². The Bertz CT molecular complexity index is 775. The summed E-state index contributed by atoms with van der Waals surface area (Å²) in [5.74, 6) is -0.113. The molecule has 0 aliphatic rings. The number of carbonyl (C=O) groups is 1. The lowest BCUT2D eigenvalue weighted by Crippen LogP contribution is -2.15. The van der Waals surface area contributed by atoms with Crippen LogP contribution in [0.4, 0.5) is 5.69 Å². The normalized spacial score (nSPS) is 11.2. The van der Waals surface area contributed by atoms with Crippen molar-refractivity contribution in [3.05, 3.63) is 59.1 Å². The third-order valence-corrected chi connectivity index (χ3v) is 4.79. The molecule has 2 rings (SSSR count). The molecule has 0 unspecified atom stereocenters. The fourth-order valence-corrected chi connectivity index (χ4v) is 3.27. The molecule has 0 aromatic heterocycles. The maximum Gasteiger partial charge on any atom is 0.234 e. The van der Waals surface area contributed by atoms with Gasteiger partial charge in [0.1, 0.15) is 0 Å². The minimum absolute atomic E-state index is 0.149. The van der Waals surface area contributed by atoms with E-state index in [1.54, 1.807) is 36.4 Å². The predicted molar refractivity (Wildman–Crippen MR) is 94.1 cm³/mol. The van der Waals surface area contributed by atoms with Crippen LogP contribution in [0.2, 0.25) is 5.02 Å². The van der Waals surface area contributed by atoms with Gasteiger partial charge in [0, 0.05) is 15.6 Å². The van der Waals surface area contributed by atoms with Crippen molar-refractivity contribution < 1.29 is 13.2 Å². The summed E-state index contributed by atoms with van der Waals surface area (Å²) < 4.78 is 22.0. The number of halogens is 1. The van der Waals surface area contributed by atoms with Crippen LogP contribution in [0.15, 0.2) is 53.4 Å². The molecule has 0 fully saturated rings. The molecule has 0 aliphatic heterocycles. The third-order valence-electron chi connectivity index (χ3n) is 2.79. The fourth-order valence-electron chi connectivity index (χ4n) is 1.79. The Hall–Kier alpha value is -1.54. The number of amides is 1. The van der Waals surface area contributed by atoms with Crippen molar-refractivity contribution in [2.75, 3.05) is 11.1 Å². The van der Waals surface area contributed by atoms with Gasteiger partial charge in [-0.2, -0.15) is 0 Å². The maximum atomic E-state index is 11.9. The first-order chi connectivity index (χ1) is 10.8. The van der Waals surface area contributed by atoms with Crippen molar-refractivity contribution >= 4 is 45.0 Å². The first-order valence-corrected chi connectivity index (χ1v) is 9.67. The molecule has 0 saturated heterocycles. The molecule has 2 aromatic rings. The van der Waals surface area contributed by atoms with E-state index in [2.05, 4.69) is 5.32 Å². The molecule has 122 valence electrons. The summed E-state index contributed by atoms with van der Waals surface area (Å²) in [7, 11) is -3.56. The molecule has 0 radical (unpaired) electrons. The molecule has 23 heavy (non-hydrogen) atoms. The molecule has 0 atom stereocenters. The molecule has 0 bridgehead atoms. The largest absolute Gasteiger partial charge is 0.325 e. The summed E-state index contributed by atoms with van der Waals surface area (Å²) in [5.41, 5.74) is 1.17. The first-order valence-electron chi connectivity index (χ1n) is 6.59. The molecule has 0 aliphatic carbocycles. The van der Waals surface area contributed by atoms with Gasteiger partial charge < -0.3 is 5.32 Å². The van der Waals surface area contributed by atoms with Gasteiger partial charge in [0.15, 0.2) is 0 Å². The van der Waals surface area contributed by atoms with E-state index in [1.165, 1.54) is 11.8 Å². The van der Waals surface area contributed by atoms with E-state index in [-0.39, 0.29) is 17.4 Å². The second-order valence-electron chi connectivity index (χ2n) is 4.79. The van der Waals surface area contributed by atoms with E-state index in [0.29, 0.717) is 16.3 Å². The number of primary sulfonamides is 1. The summed E-state index contributed by atoms with van der Waals surface area (Å²) in [5, 5.41) is 8.38. The van der Waals surface area contributed by atoms with Crippen LogP contribution < -0.4 is 10.5 Å². The highest BCUT2D eigenvalue weighted by Crippen LogP contribution is 2.20. The molecule has 5 nitrogen and oxygen atoms in total. The van der Waals surface area contributed by atoms with Crippen LogP contribution in [0.5, 0.6) is 0 Å². The predicted octanol–water partition coefficient (Wildman–Crippen LogP) is 2.86. The number of nitrogens with one attached hydrogen (secondary N) is 1. The van der Waals surface area contributed by atoms with Gasteiger partial charge in [-0.25, -0.2) is 13.6 Å². The monoisotopic (exact) mass is 370 g/mol. The SMILES string of the molecule is NS(=O)(=O)Cc1ccc(NC(=O)CSc2ccc(Cl)cc2)cc1. The number of hydrogen-bond donors (Lipinski definition) is 2. The van der Waals surface area contributed by atoms with Crippen LogP contribution in [-0.2, 0) is 20.6 Å². The van der Waals surface area contributed by atoms with Gasteiger partial charge in [-0.1, -0.05) is 23.7 Å². The number of sulfonamides is 1. The van der Waals surface area contributed by atoms with Crippen molar-refractivity contribution in [3.63, 3.8) is 0 Å². The van der Waals surface area contributed by atoms with Gasteiger partial charge in [-0.05, 0) is 42.0 Å². The lowest BCUT2D eigenvalue weighted by atomic mass is 10.2. The summed E-state index contributed by atoms with van der Waals surface area (Å²) in [6.45, 7) is 0. The lowest BCUT2D eigenvalue weighted by molar-refractivity contribution is -0.113. The number of rotatable bonds is 6. The van der Waals surface area contributed by atoms with Crippen LogP contribution >= 0.6 is 23.4 Å². The Morgan fingerprint density at radius 1 is 1.09 bits per heavy atom. The van der Waals surface area contributed by atoms with Gasteiger partial charge in [0.05, 0.1) is 11.5 Å². The van der Waals surface area contributed by atoms with E-state index < -0.39 is 10.0 Å². The summed E-state index contributed by atoms with van der Waals surface area (Å²) in [6.07, 6.45) is 0. The van der Waals surface area contributed by atoms with Gasteiger partial charge in [0.2, 0.25) is 15.9 Å². The van der Waals surface area contributed by atoms with Gasteiger partial charge in [0.25, 0.3) is 0 Å². The van der Waals surface area contributed by atoms with Gasteiger partial charge in [-0.15, -0.1) is 11.8 Å². The van der Waals surface area contributed by atoms with Crippen molar-refractivity contribution in [1.82, 2.24) is 0 Å². The van der Waals surface area contributed by atoms with E-state index in [4.69, 9.17) is 16.7 Å². The smallest absolute Gasteiger partial charge is 0.234 e. The van der Waals surface area contributed by atoms with Crippen LogP contribution in [0.3, 0.4) is 0 Å². The Balaban J connectivity index is 1.86. The highest BCUT2D eigenvalue weighted by Gasteiger charge is 2.07. The number of benzene rings is 2. The molecule has 0 heterocycles. The molecule has 0 spiro atoms. The van der Waals surface area contributed by atoms with Crippen molar-refractivity contribution in [2.45, 2.75) is 10.6 Å². The standard InChI is InChI=1S/C15H15ClN2O3S2/c16-12-3-7-14(8-4-12)22-9-15(19)18-13-5-1-11(2-6-13)10-23(17,20)21/h1-8H,9-10H2,(H,18,19)(H2,17,20,21). The zero-order valence-corrected chi connectivity index (χ0v) is 14.4. The maximum absolute atomic E-state index is 11.9. The summed E-state index contributed by atoms with van der Waals surface area (Å²) in [4.78, 5) is 12.8. The van der Waals surface area contributed by atoms with Crippen molar-refractivity contribution in [3.8, 4) is 0 Å². The van der Waals surface area contributed by atoms with E-state index in [9.17, 15) is 13.2 Å². The Labute approximate surface area is 144 Å². The topological polar surface area (TPSA) is 89.3 Å². The van der Waals surface area contributed by atoms with E-state index in [0.717, 1.165) is 4.90 Å². The number of anilines is 1. The fraction of sp³-hybridized carbons (Fsp3) is 0.133. The third kappa shape index (κ3) is 6.62. The Kier molecular flexibility index (Phi) is 6.06. The number of thioether (sulfide) groups is 1. The quantitative estimate of drug-likeness (QED) is 0.765. The molecular formula is C15H15ClN2O3S2. The molecule has 2 aromatic carbocycles. The number of carbonyl (C=O) groups excluding carboxylic acids is 1. The molecule has 3 N–H and O–H groups in total. The van der Waals surface area contributed by atoms with E-state index in [1.807, 2.05) is 12.1 Å². The van der Waals surface area contributed by atoms with E-state index >= 15 is 0 Å². The highest BCUT2D eigenvalue weighted by molar-refractivity contribution is 8.00. The average Bonchev–Trinajstić information content (AvgIpc) is 2.47. The lowest BCUT2D eigenvalue weighted by Gasteiger charge is -2.06. The van der Waals surface area contributed by atoms with Crippen LogP contribution in [-0.4, -0.2) is 20.1 Å². The molecule has 0 saturated carbocycles. The van der Waals surface area contributed by atoms with Crippen LogP contribution in [0.25, 0.3) is 0 Å². The Morgan fingerprint density at radius 3 is 2.26 bits per heavy atom. The van der Waals surface area contributed by atoms with Gasteiger partial charge in [-0.3, -0.25) is 4.79 Å². The summed E-state index contributed by atoms with van der Waals surface area (Å²) in [6, 6.07) is 13.8. The second-order valence-corrected chi connectivity index (χ2v) is 7.89. The molecular weight excluding hydrogens is 356 g/mol. The number of nitrogens with two attached hydrogens (primary N) is 1. The highest BCUT2D eigenvalue weighted by atomic mass is 35.5. The number of hydrogen-bond acceptors (Lipinski definition) is 4. The zero-order chi connectivity index (χ0) is 16.9. The minimum Gasteiger partial charge on any atom is -0.325 e. The second kappa shape index (κ2) is 7.83. The average molecular weight is 371 g/mol.